The van der Waals surface area contributed by atoms with E-state index in [0.717, 1.165) is 19.5 Å². The number of hydrogen-bond donors (Lipinski definition) is 1. The van der Waals surface area contributed by atoms with Gasteiger partial charge in [-0.25, -0.2) is 0 Å². The Morgan fingerprint density at radius 2 is 1.82 bits per heavy atom. The zero-order valence-electron chi connectivity index (χ0n) is 10.9. The second kappa shape index (κ2) is 5.63. The third kappa shape index (κ3) is 3.39. The maximum atomic E-state index is 8.80. The average Bonchev–Trinajstić information content (AvgIpc) is 3.11. The molecule has 2 saturated carbocycles. The van der Waals surface area contributed by atoms with Crippen molar-refractivity contribution in [2.75, 3.05) is 19.3 Å². The molecular weight excluding hydrogens is 228 g/mol. The van der Waals surface area contributed by atoms with Crippen LogP contribution < -0.4 is 5.32 Å². The minimum atomic E-state index is 0.350. The van der Waals surface area contributed by atoms with Crippen LogP contribution in [0.25, 0.3) is 0 Å². The van der Waals surface area contributed by atoms with Crippen LogP contribution in [0.15, 0.2) is 0 Å². The van der Waals surface area contributed by atoms with Crippen LogP contribution in [0.2, 0.25) is 0 Å². The second-order valence-electron chi connectivity index (χ2n) is 5.89. The van der Waals surface area contributed by atoms with Crippen LogP contribution >= 0.6 is 11.8 Å². The molecule has 0 spiro atoms. The molecule has 0 saturated heterocycles. The largest absolute Gasteiger partial charge is 0.315 e. The van der Waals surface area contributed by atoms with Crippen molar-refractivity contribution < 1.29 is 0 Å². The van der Waals surface area contributed by atoms with Crippen molar-refractivity contribution >= 4 is 11.8 Å². The molecule has 0 atom stereocenters. The van der Waals surface area contributed by atoms with Gasteiger partial charge in [-0.1, -0.05) is 19.3 Å². The van der Waals surface area contributed by atoms with Crippen LogP contribution in [0.5, 0.6) is 0 Å². The Hall–Kier alpha value is -0.200. The first kappa shape index (κ1) is 13.2. The van der Waals surface area contributed by atoms with E-state index in [1.54, 1.807) is 0 Å². The maximum absolute atomic E-state index is 8.80. The van der Waals surface area contributed by atoms with Gasteiger partial charge in [-0.05, 0) is 37.4 Å². The van der Waals surface area contributed by atoms with Crippen LogP contribution in [0.1, 0.15) is 51.4 Å². The van der Waals surface area contributed by atoms with Crippen molar-refractivity contribution in [3.05, 3.63) is 0 Å². The van der Waals surface area contributed by atoms with E-state index in [0.29, 0.717) is 10.2 Å². The van der Waals surface area contributed by atoms with Crippen molar-refractivity contribution in [1.29, 1.82) is 5.26 Å². The van der Waals surface area contributed by atoms with E-state index in [-0.39, 0.29) is 0 Å². The summed E-state index contributed by atoms with van der Waals surface area (Å²) in [7, 11) is 0. The highest BCUT2D eigenvalue weighted by Gasteiger charge is 2.42. The van der Waals surface area contributed by atoms with Gasteiger partial charge >= 0.3 is 0 Å². The minimum Gasteiger partial charge on any atom is -0.315 e. The molecule has 0 aliphatic heterocycles. The molecule has 0 amide bonds. The first-order chi connectivity index (χ1) is 8.24. The molecule has 2 rings (SSSR count). The summed E-state index contributed by atoms with van der Waals surface area (Å²) in [6.07, 6.45) is 12.4. The Kier molecular flexibility index (Phi) is 4.38. The first-order valence-electron chi connectivity index (χ1n) is 6.87. The lowest BCUT2D eigenvalue weighted by molar-refractivity contribution is 0.361. The van der Waals surface area contributed by atoms with Crippen LogP contribution in [-0.4, -0.2) is 24.1 Å². The van der Waals surface area contributed by atoms with Gasteiger partial charge in [-0.2, -0.15) is 17.0 Å². The van der Waals surface area contributed by atoms with Gasteiger partial charge in [0.15, 0.2) is 0 Å². The third-order valence-electron chi connectivity index (χ3n) is 4.56. The van der Waals surface area contributed by atoms with Gasteiger partial charge in [0, 0.05) is 24.3 Å². The van der Waals surface area contributed by atoms with E-state index in [9.17, 15) is 0 Å². The van der Waals surface area contributed by atoms with Crippen molar-refractivity contribution in [1.82, 2.24) is 5.32 Å². The predicted molar refractivity (Wildman–Crippen MR) is 74.1 cm³/mol. The zero-order valence-corrected chi connectivity index (χ0v) is 11.7. The molecule has 0 aromatic rings. The topological polar surface area (TPSA) is 35.8 Å². The normalized spacial score (nSPS) is 25.2. The Morgan fingerprint density at radius 1 is 1.12 bits per heavy atom. The summed E-state index contributed by atoms with van der Waals surface area (Å²) in [5.41, 5.74) is 0.350. The summed E-state index contributed by atoms with van der Waals surface area (Å²) in [6.45, 7) is 2.20. The smallest absolute Gasteiger partial charge is 0.0628 e. The highest BCUT2D eigenvalue weighted by Crippen LogP contribution is 2.48. The van der Waals surface area contributed by atoms with E-state index >= 15 is 0 Å². The first-order valence-corrected chi connectivity index (χ1v) is 8.10. The minimum absolute atomic E-state index is 0.350. The Bertz CT molecular complexity index is 285. The molecule has 2 aliphatic carbocycles. The Balaban J connectivity index is 1.75. The molecule has 1 N–H and O–H groups in total. The number of nitriles is 1. The van der Waals surface area contributed by atoms with Gasteiger partial charge in [0.1, 0.15) is 0 Å². The van der Waals surface area contributed by atoms with E-state index in [2.05, 4.69) is 29.4 Å². The molecule has 0 heterocycles. The summed E-state index contributed by atoms with van der Waals surface area (Å²) >= 11 is 2.05. The number of rotatable bonds is 6. The van der Waals surface area contributed by atoms with Crippen molar-refractivity contribution in [3.8, 4) is 6.07 Å². The van der Waals surface area contributed by atoms with E-state index in [1.165, 1.54) is 44.9 Å². The predicted octanol–water partition coefficient (Wildman–Crippen LogP) is 3.34. The van der Waals surface area contributed by atoms with Crippen LogP contribution in [0, 0.1) is 16.7 Å². The van der Waals surface area contributed by atoms with Crippen LogP contribution in [0.3, 0.4) is 0 Å². The summed E-state index contributed by atoms with van der Waals surface area (Å²) < 4.78 is 0.487. The average molecular weight is 252 g/mol. The Labute approximate surface area is 110 Å². The molecule has 17 heavy (non-hydrogen) atoms. The molecule has 3 heteroatoms. The third-order valence-corrected chi connectivity index (χ3v) is 5.97. The molecule has 0 aromatic heterocycles. The van der Waals surface area contributed by atoms with Gasteiger partial charge in [0.2, 0.25) is 0 Å². The summed E-state index contributed by atoms with van der Waals surface area (Å²) in [5, 5.41) is 12.5. The number of thioether (sulfide) groups is 1. The fourth-order valence-electron chi connectivity index (χ4n) is 2.97. The van der Waals surface area contributed by atoms with Gasteiger partial charge < -0.3 is 5.32 Å². The van der Waals surface area contributed by atoms with Gasteiger partial charge in [-0.3, -0.25) is 0 Å². The standard InChI is InChI=1S/C14H24N2S/c1-17-14(5-3-2-4-6-14)12-16-11-13(7-8-13)9-10-15/h16H,2-9,11-12H2,1H3. The SMILES string of the molecule is CSC1(CNCC2(CC#N)CC2)CCCCC1. The number of nitrogens with zero attached hydrogens (tertiary/aromatic N) is 1. The highest BCUT2D eigenvalue weighted by molar-refractivity contribution is 8.00. The number of hydrogen-bond acceptors (Lipinski definition) is 3. The molecule has 2 nitrogen and oxygen atoms in total. The fraction of sp³-hybridized carbons (Fsp3) is 0.929. The lowest BCUT2D eigenvalue weighted by Gasteiger charge is -2.36. The van der Waals surface area contributed by atoms with Gasteiger partial charge in [0.25, 0.3) is 0 Å². The molecule has 96 valence electrons. The fourth-order valence-corrected chi connectivity index (χ4v) is 3.91. The summed E-state index contributed by atoms with van der Waals surface area (Å²) in [6, 6.07) is 2.34. The quantitative estimate of drug-likeness (QED) is 0.787. The van der Waals surface area contributed by atoms with Crippen LogP contribution in [-0.2, 0) is 0 Å². The summed E-state index contributed by atoms with van der Waals surface area (Å²) in [5.74, 6) is 0. The van der Waals surface area contributed by atoms with E-state index < -0.39 is 0 Å². The molecule has 0 unspecified atom stereocenters. The van der Waals surface area contributed by atoms with Crippen molar-refractivity contribution in [2.24, 2.45) is 5.41 Å². The molecule has 0 bridgehead atoms. The summed E-state index contributed by atoms with van der Waals surface area (Å²) in [4.78, 5) is 0. The maximum Gasteiger partial charge on any atom is 0.0628 e. The van der Waals surface area contributed by atoms with Crippen LogP contribution in [0.4, 0.5) is 0 Å². The highest BCUT2D eigenvalue weighted by atomic mass is 32.2. The lowest BCUT2D eigenvalue weighted by atomic mass is 9.88. The molecule has 2 fully saturated rings. The monoisotopic (exact) mass is 252 g/mol. The second-order valence-corrected chi connectivity index (χ2v) is 7.16. The van der Waals surface area contributed by atoms with Gasteiger partial charge in [0.05, 0.1) is 6.07 Å². The molecule has 0 aromatic carbocycles. The van der Waals surface area contributed by atoms with E-state index in [1.807, 2.05) is 0 Å². The molecule has 0 radical (unpaired) electrons. The van der Waals surface area contributed by atoms with Crippen molar-refractivity contribution in [3.63, 3.8) is 0 Å². The lowest BCUT2D eigenvalue weighted by Crippen LogP contribution is -2.41. The molecule has 2 aliphatic rings. The van der Waals surface area contributed by atoms with Crippen molar-refractivity contribution in [2.45, 2.75) is 56.1 Å². The van der Waals surface area contributed by atoms with E-state index in [4.69, 9.17) is 5.26 Å². The zero-order chi connectivity index (χ0) is 12.2. The number of nitrogens with one attached hydrogen (secondary N) is 1. The molecular formula is C14H24N2S. The van der Waals surface area contributed by atoms with Gasteiger partial charge in [-0.15, -0.1) is 0 Å². The Morgan fingerprint density at radius 3 is 2.35 bits per heavy atom.